The van der Waals surface area contributed by atoms with Crippen molar-refractivity contribution in [1.29, 1.82) is 0 Å². The van der Waals surface area contributed by atoms with Gasteiger partial charge in [-0.2, -0.15) is 5.10 Å². The monoisotopic (exact) mass is 295 g/mol. The van der Waals surface area contributed by atoms with Crippen molar-refractivity contribution in [1.82, 2.24) is 14.8 Å². The van der Waals surface area contributed by atoms with E-state index in [1.807, 2.05) is 53.3 Å². The molecule has 0 saturated heterocycles. The van der Waals surface area contributed by atoms with E-state index in [9.17, 15) is 0 Å². The van der Waals surface area contributed by atoms with Gasteiger partial charge in [0.25, 0.3) is 0 Å². The van der Waals surface area contributed by atoms with Gasteiger partial charge in [-0.15, -0.1) is 0 Å². The van der Waals surface area contributed by atoms with Gasteiger partial charge in [-0.25, -0.2) is 4.98 Å². The quantitative estimate of drug-likeness (QED) is 0.629. The average molecular weight is 295 g/mol. The zero-order valence-electron chi connectivity index (χ0n) is 12.1. The number of benzene rings is 1. The van der Waals surface area contributed by atoms with Gasteiger partial charge in [0.2, 0.25) is 5.88 Å². The van der Waals surface area contributed by atoms with E-state index in [0.717, 1.165) is 17.9 Å². The van der Waals surface area contributed by atoms with Crippen LogP contribution in [-0.2, 0) is 6.54 Å². The molecule has 3 rings (SSSR count). The Bertz CT molecular complexity index is 684. The molecule has 2 aromatic heterocycles. The molecular weight excluding hydrogens is 278 g/mol. The summed E-state index contributed by atoms with van der Waals surface area (Å²) in [5, 5.41) is 4.20. The highest BCUT2D eigenvalue weighted by atomic mass is 16.5. The summed E-state index contributed by atoms with van der Waals surface area (Å²) in [7, 11) is 0. The highest BCUT2D eigenvalue weighted by molar-refractivity contribution is 5.28. The Kier molecular flexibility index (Phi) is 4.67. The van der Waals surface area contributed by atoms with Crippen LogP contribution in [0.5, 0.6) is 11.6 Å². The molecule has 0 aliphatic rings. The largest absolute Gasteiger partial charge is 0.490 e. The lowest BCUT2D eigenvalue weighted by molar-refractivity contribution is 0.212. The van der Waals surface area contributed by atoms with E-state index < -0.39 is 0 Å². The summed E-state index contributed by atoms with van der Waals surface area (Å²) in [6.45, 7) is 1.66. The third-order valence-corrected chi connectivity index (χ3v) is 3.04. The lowest BCUT2D eigenvalue weighted by atomic mass is 10.2. The summed E-state index contributed by atoms with van der Waals surface area (Å²) in [5.74, 6) is 1.44. The highest BCUT2D eigenvalue weighted by Crippen LogP contribution is 2.14. The molecule has 5 nitrogen and oxygen atoms in total. The van der Waals surface area contributed by atoms with Crippen molar-refractivity contribution in [3.8, 4) is 11.6 Å². The average Bonchev–Trinajstić information content (AvgIpc) is 3.06. The number of hydrogen-bond donors (Lipinski definition) is 0. The van der Waals surface area contributed by atoms with E-state index >= 15 is 0 Å². The minimum Gasteiger partial charge on any atom is -0.490 e. The molecule has 0 fully saturated rings. The number of pyridine rings is 1. The van der Waals surface area contributed by atoms with Crippen LogP contribution in [0, 0.1) is 0 Å². The smallest absolute Gasteiger partial charge is 0.213 e. The summed E-state index contributed by atoms with van der Waals surface area (Å²) in [5.41, 5.74) is 1.15. The van der Waals surface area contributed by atoms with Gasteiger partial charge in [0, 0.05) is 24.7 Å². The molecule has 5 heteroatoms. The molecule has 0 aliphatic carbocycles. The molecule has 0 amide bonds. The maximum atomic E-state index is 5.71. The van der Waals surface area contributed by atoms with Crippen molar-refractivity contribution >= 4 is 0 Å². The van der Waals surface area contributed by atoms with Gasteiger partial charge in [-0.1, -0.05) is 18.2 Å². The van der Waals surface area contributed by atoms with Gasteiger partial charge >= 0.3 is 0 Å². The molecule has 112 valence electrons. The Morgan fingerprint density at radius 2 is 1.86 bits per heavy atom. The zero-order valence-corrected chi connectivity index (χ0v) is 12.1. The first kappa shape index (κ1) is 14.1. The number of hydrogen-bond acceptors (Lipinski definition) is 4. The molecule has 0 atom stereocenters. The third-order valence-electron chi connectivity index (χ3n) is 3.04. The Labute approximate surface area is 129 Å². The zero-order chi connectivity index (χ0) is 15.0. The fraction of sp³-hybridized carbons (Fsp3) is 0.176. The number of ether oxygens (including phenoxy) is 2. The number of rotatable bonds is 7. The van der Waals surface area contributed by atoms with E-state index in [1.165, 1.54) is 0 Å². The molecule has 0 N–H and O–H groups in total. The lowest BCUT2D eigenvalue weighted by Gasteiger charge is -2.09. The second kappa shape index (κ2) is 7.26. The first-order chi connectivity index (χ1) is 10.9. The van der Waals surface area contributed by atoms with E-state index in [2.05, 4.69) is 16.1 Å². The van der Waals surface area contributed by atoms with E-state index in [1.54, 1.807) is 12.4 Å². The SMILES string of the molecule is c1ccc(OCCOc2cccc(Cn3cccn3)c2)nc1. The molecule has 22 heavy (non-hydrogen) atoms. The van der Waals surface area contributed by atoms with Crippen LogP contribution in [0.2, 0.25) is 0 Å². The van der Waals surface area contributed by atoms with Gasteiger partial charge in [0.1, 0.15) is 19.0 Å². The van der Waals surface area contributed by atoms with Crippen LogP contribution in [-0.4, -0.2) is 28.0 Å². The fourth-order valence-electron chi connectivity index (χ4n) is 2.05. The normalized spacial score (nSPS) is 10.4. The van der Waals surface area contributed by atoms with Crippen LogP contribution in [0.3, 0.4) is 0 Å². The Morgan fingerprint density at radius 3 is 2.68 bits per heavy atom. The van der Waals surface area contributed by atoms with Gasteiger partial charge in [0.05, 0.1) is 6.54 Å². The van der Waals surface area contributed by atoms with Gasteiger partial charge in [-0.3, -0.25) is 4.68 Å². The molecule has 0 bridgehead atoms. The van der Waals surface area contributed by atoms with Crippen LogP contribution < -0.4 is 9.47 Å². The van der Waals surface area contributed by atoms with Gasteiger partial charge < -0.3 is 9.47 Å². The van der Waals surface area contributed by atoms with Crippen LogP contribution in [0.25, 0.3) is 0 Å². The Balaban J connectivity index is 1.48. The van der Waals surface area contributed by atoms with Crippen molar-refractivity contribution in [2.45, 2.75) is 6.54 Å². The van der Waals surface area contributed by atoms with E-state index in [4.69, 9.17) is 9.47 Å². The maximum Gasteiger partial charge on any atom is 0.213 e. The van der Waals surface area contributed by atoms with Crippen molar-refractivity contribution in [2.75, 3.05) is 13.2 Å². The van der Waals surface area contributed by atoms with Crippen molar-refractivity contribution in [3.05, 3.63) is 72.7 Å². The van der Waals surface area contributed by atoms with Crippen molar-refractivity contribution < 1.29 is 9.47 Å². The predicted molar refractivity (Wildman–Crippen MR) is 83.0 cm³/mol. The molecule has 3 aromatic rings. The van der Waals surface area contributed by atoms with Crippen LogP contribution in [0.15, 0.2) is 67.1 Å². The topological polar surface area (TPSA) is 49.2 Å². The van der Waals surface area contributed by atoms with Crippen LogP contribution >= 0.6 is 0 Å². The molecule has 0 aliphatic heterocycles. The first-order valence-corrected chi connectivity index (χ1v) is 7.13. The van der Waals surface area contributed by atoms with E-state index in [0.29, 0.717) is 19.1 Å². The fourth-order valence-corrected chi connectivity index (χ4v) is 2.05. The third kappa shape index (κ3) is 4.09. The molecule has 0 unspecified atom stereocenters. The second-order valence-corrected chi connectivity index (χ2v) is 4.72. The predicted octanol–water partition coefficient (Wildman–Crippen LogP) is 2.78. The summed E-state index contributed by atoms with van der Waals surface area (Å²) >= 11 is 0. The molecular formula is C17H17N3O2. The minimum atomic E-state index is 0.459. The summed E-state index contributed by atoms with van der Waals surface area (Å²) in [6, 6.07) is 15.5. The first-order valence-electron chi connectivity index (χ1n) is 7.13. The summed E-state index contributed by atoms with van der Waals surface area (Å²) in [6.07, 6.45) is 5.42. The second-order valence-electron chi connectivity index (χ2n) is 4.72. The molecule has 0 spiro atoms. The minimum absolute atomic E-state index is 0.459. The Morgan fingerprint density at radius 1 is 0.909 bits per heavy atom. The van der Waals surface area contributed by atoms with Crippen LogP contribution in [0.1, 0.15) is 5.56 Å². The molecule has 0 radical (unpaired) electrons. The maximum absolute atomic E-state index is 5.71. The molecule has 2 heterocycles. The van der Waals surface area contributed by atoms with Crippen molar-refractivity contribution in [2.24, 2.45) is 0 Å². The van der Waals surface area contributed by atoms with Crippen molar-refractivity contribution in [3.63, 3.8) is 0 Å². The standard InChI is InChI=1S/C17H17N3O2/c1-2-8-18-17(7-1)22-12-11-21-16-6-3-5-15(13-16)14-20-10-4-9-19-20/h1-10,13H,11-12,14H2. The highest BCUT2D eigenvalue weighted by Gasteiger charge is 1.99. The van der Waals surface area contributed by atoms with Gasteiger partial charge in [-0.05, 0) is 29.8 Å². The lowest BCUT2D eigenvalue weighted by Crippen LogP contribution is -2.09. The van der Waals surface area contributed by atoms with E-state index in [-0.39, 0.29) is 0 Å². The number of aromatic nitrogens is 3. The Hall–Kier alpha value is -2.82. The molecule has 0 saturated carbocycles. The summed E-state index contributed by atoms with van der Waals surface area (Å²) in [4.78, 5) is 4.09. The molecule has 1 aromatic carbocycles. The summed E-state index contributed by atoms with van der Waals surface area (Å²) < 4.78 is 13.1. The van der Waals surface area contributed by atoms with Gasteiger partial charge in [0.15, 0.2) is 0 Å². The van der Waals surface area contributed by atoms with Crippen LogP contribution in [0.4, 0.5) is 0 Å². The number of nitrogens with zero attached hydrogens (tertiary/aromatic N) is 3.